The molecule has 8 heteroatoms. The Morgan fingerprint density at radius 1 is 1.33 bits per heavy atom. The number of nitrogens with one attached hydrogen (secondary N) is 2. The van der Waals surface area contributed by atoms with Gasteiger partial charge in [0.2, 0.25) is 15.9 Å². The molecular weight excluding hydrogens is 278 g/mol. The topological polar surface area (TPSA) is 101 Å². The summed E-state index contributed by atoms with van der Waals surface area (Å²) in [4.78, 5) is 10.7. The molecule has 0 aliphatic rings. The third-order valence-corrected chi connectivity index (χ3v) is 3.42. The van der Waals surface area contributed by atoms with Crippen molar-refractivity contribution in [3.8, 4) is 0 Å². The van der Waals surface area contributed by atoms with Crippen LogP contribution in [0.5, 0.6) is 0 Å². The number of carbonyl (C=O) groups excluding carboxylic acids is 1. The number of sulfonamides is 1. The van der Waals surface area contributed by atoms with Gasteiger partial charge in [0.25, 0.3) is 0 Å². The van der Waals surface area contributed by atoms with Crippen molar-refractivity contribution in [2.45, 2.75) is 11.8 Å². The van der Waals surface area contributed by atoms with Gasteiger partial charge >= 0.3 is 0 Å². The van der Waals surface area contributed by atoms with Gasteiger partial charge in [0.05, 0.1) is 4.90 Å². The fraction of sp³-hybridized carbons (Fsp3) is 0.300. The van der Waals surface area contributed by atoms with Gasteiger partial charge in [-0.2, -0.15) is 0 Å². The molecule has 0 atom stereocenters. The van der Waals surface area contributed by atoms with Crippen LogP contribution in [0.1, 0.15) is 6.92 Å². The van der Waals surface area contributed by atoms with Gasteiger partial charge in [0.15, 0.2) is 0 Å². The normalized spacial score (nSPS) is 10.5. The van der Waals surface area contributed by atoms with Gasteiger partial charge < -0.3 is 11.1 Å². The maximum atomic E-state index is 11.7. The van der Waals surface area contributed by atoms with E-state index in [-0.39, 0.29) is 36.3 Å². The van der Waals surface area contributed by atoms with E-state index in [9.17, 15) is 13.2 Å². The van der Waals surface area contributed by atoms with Crippen molar-refractivity contribution in [3.05, 3.63) is 24.3 Å². The molecule has 1 amide bonds. The third-order valence-electron chi connectivity index (χ3n) is 1.96. The van der Waals surface area contributed by atoms with Gasteiger partial charge in [-0.05, 0) is 18.2 Å². The Morgan fingerprint density at radius 3 is 2.56 bits per heavy atom. The first kappa shape index (κ1) is 16.7. The predicted octanol–water partition coefficient (Wildman–Crippen LogP) is 0.105. The minimum absolute atomic E-state index is 0. The Morgan fingerprint density at radius 2 is 2.00 bits per heavy atom. The van der Waals surface area contributed by atoms with E-state index < -0.39 is 10.0 Å². The minimum Gasteiger partial charge on any atom is -0.399 e. The lowest BCUT2D eigenvalue weighted by atomic mass is 10.3. The molecule has 4 N–H and O–H groups in total. The van der Waals surface area contributed by atoms with Crippen molar-refractivity contribution in [1.82, 2.24) is 10.0 Å². The number of nitrogens with two attached hydrogens (primary N) is 1. The first-order valence-corrected chi connectivity index (χ1v) is 6.50. The molecule has 0 aliphatic heterocycles. The highest BCUT2D eigenvalue weighted by Gasteiger charge is 2.12. The molecule has 0 saturated heterocycles. The van der Waals surface area contributed by atoms with Crippen LogP contribution in [0.25, 0.3) is 0 Å². The molecule has 0 radical (unpaired) electrons. The summed E-state index contributed by atoms with van der Waals surface area (Å²) in [6.45, 7) is 1.75. The molecule has 0 aliphatic carbocycles. The summed E-state index contributed by atoms with van der Waals surface area (Å²) in [6, 6.07) is 6.01. The predicted molar refractivity (Wildman–Crippen MR) is 72.0 cm³/mol. The highest BCUT2D eigenvalue weighted by atomic mass is 35.5. The van der Waals surface area contributed by atoms with E-state index in [0.717, 1.165) is 0 Å². The van der Waals surface area contributed by atoms with Gasteiger partial charge in [-0.15, -0.1) is 12.4 Å². The zero-order valence-electron chi connectivity index (χ0n) is 9.84. The molecule has 0 spiro atoms. The number of carbonyl (C=O) groups is 1. The summed E-state index contributed by atoms with van der Waals surface area (Å²) in [5.41, 5.74) is 5.88. The fourth-order valence-electron chi connectivity index (χ4n) is 1.19. The summed E-state index contributed by atoms with van der Waals surface area (Å²) < 4.78 is 25.9. The van der Waals surface area contributed by atoms with Crippen LogP contribution in [-0.2, 0) is 14.8 Å². The van der Waals surface area contributed by atoms with E-state index in [1.54, 1.807) is 12.1 Å². The van der Waals surface area contributed by atoms with Gasteiger partial charge in [0.1, 0.15) is 0 Å². The molecule has 18 heavy (non-hydrogen) atoms. The van der Waals surface area contributed by atoms with Crippen molar-refractivity contribution in [1.29, 1.82) is 0 Å². The smallest absolute Gasteiger partial charge is 0.240 e. The average molecular weight is 294 g/mol. The second-order valence-corrected chi connectivity index (χ2v) is 5.22. The molecule has 0 heterocycles. The van der Waals surface area contributed by atoms with E-state index in [1.165, 1.54) is 19.1 Å². The lowest BCUT2D eigenvalue weighted by Gasteiger charge is -2.07. The molecule has 0 aromatic heterocycles. The summed E-state index contributed by atoms with van der Waals surface area (Å²) in [5, 5.41) is 2.49. The summed E-state index contributed by atoms with van der Waals surface area (Å²) >= 11 is 0. The van der Waals surface area contributed by atoms with E-state index >= 15 is 0 Å². The molecule has 102 valence electrons. The van der Waals surface area contributed by atoms with Crippen LogP contribution >= 0.6 is 12.4 Å². The first-order valence-electron chi connectivity index (χ1n) is 5.01. The third kappa shape index (κ3) is 5.35. The molecule has 6 nitrogen and oxygen atoms in total. The Bertz CT molecular complexity index is 505. The zero-order chi connectivity index (χ0) is 12.9. The number of nitrogen functional groups attached to an aromatic ring is 1. The highest BCUT2D eigenvalue weighted by molar-refractivity contribution is 7.89. The molecule has 1 aromatic rings. The maximum Gasteiger partial charge on any atom is 0.240 e. The second kappa shape index (κ2) is 7.20. The van der Waals surface area contributed by atoms with E-state index in [2.05, 4.69) is 10.0 Å². The molecule has 0 unspecified atom stereocenters. The number of amides is 1. The Labute approximate surface area is 112 Å². The standard InChI is InChI=1S/C10H15N3O3S.ClH/c1-8(14)12-5-6-13-17(15,16)10-4-2-3-9(11)7-10;/h2-4,7,13H,5-6,11H2,1H3,(H,12,14);1H. The minimum atomic E-state index is -3.56. The molecule has 0 bridgehead atoms. The van der Waals surface area contributed by atoms with Crippen molar-refractivity contribution < 1.29 is 13.2 Å². The van der Waals surface area contributed by atoms with Crippen LogP contribution in [-0.4, -0.2) is 27.4 Å². The van der Waals surface area contributed by atoms with E-state index in [4.69, 9.17) is 5.73 Å². The summed E-state index contributed by atoms with van der Waals surface area (Å²) in [7, 11) is -3.56. The van der Waals surface area contributed by atoms with Gasteiger partial charge in [-0.25, -0.2) is 13.1 Å². The molecule has 0 fully saturated rings. The van der Waals surface area contributed by atoms with E-state index in [1.807, 2.05) is 0 Å². The molecule has 0 saturated carbocycles. The Kier molecular flexibility index (Phi) is 6.67. The van der Waals surface area contributed by atoms with Crippen LogP contribution in [0.15, 0.2) is 29.2 Å². The molecule has 1 rings (SSSR count). The van der Waals surface area contributed by atoms with Crippen LogP contribution in [0.4, 0.5) is 5.69 Å². The lowest BCUT2D eigenvalue weighted by molar-refractivity contribution is -0.118. The summed E-state index contributed by atoms with van der Waals surface area (Å²) in [5.74, 6) is -0.201. The van der Waals surface area contributed by atoms with Crippen molar-refractivity contribution >= 4 is 34.0 Å². The SMILES string of the molecule is CC(=O)NCCNS(=O)(=O)c1cccc(N)c1.Cl. The number of rotatable bonds is 5. The highest BCUT2D eigenvalue weighted by Crippen LogP contribution is 2.11. The quantitative estimate of drug-likeness (QED) is 0.529. The van der Waals surface area contributed by atoms with Gasteiger partial charge in [0, 0.05) is 25.7 Å². The van der Waals surface area contributed by atoms with Crippen molar-refractivity contribution in [2.24, 2.45) is 0 Å². The monoisotopic (exact) mass is 293 g/mol. The lowest BCUT2D eigenvalue weighted by Crippen LogP contribution is -2.33. The fourth-order valence-corrected chi connectivity index (χ4v) is 2.28. The zero-order valence-corrected chi connectivity index (χ0v) is 11.5. The van der Waals surface area contributed by atoms with Gasteiger partial charge in [-0.3, -0.25) is 4.79 Å². The van der Waals surface area contributed by atoms with Crippen LogP contribution in [0, 0.1) is 0 Å². The Hall–Kier alpha value is -1.31. The van der Waals surface area contributed by atoms with Gasteiger partial charge in [-0.1, -0.05) is 6.07 Å². The maximum absolute atomic E-state index is 11.7. The summed E-state index contributed by atoms with van der Waals surface area (Å²) in [6.07, 6.45) is 0. The number of anilines is 1. The van der Waals surface area contributed by atoms with Crippen LogP contribution in [0.2, 0.25) is 0 Å². The number of hydrogen-bond acceptors (Lipinski definition) is 4. The second-order valence-electron chi connectivity index (χ2n) is 3.45. The first-order chi connectivity index (χ1) is 7.92. The Balaban J connectivity index is 0.00000289. The molecular formula is C10H16ClN3O3S. The van der Waals surface area contributed by atoms with E-state index in [0.29, 0.717) is 5.69 Å². The largest absolute Gasteiger partial charge is 0.399 e. The average Bonchev–Trinajstić information content (AvgIpc) is 2.24. The number of halogens is 1. The number of hydrogen-bond donors (Lipinski definition) is 3. The molecule has 1 aromatic carbocycles. The van der Waals surface area contributed by atoms with Crippen molar-refractivity contribution in [3.63, 3.8) is 0 Å². The van der Waals surface area contributed by atoms with Crippen molar-refractivity contribution in [2.75, 3.05) is 18.8 Å². The van der Waals surface area contributed by atoms with Crippen LogP contribution in [0.3, 0.4) is 0 Å². The van der Waals surface area contributed by atoms with Crippen LogP contribution < -0.4 is 15.8 Å². The number of benzene rings is 1.